The molecule has 10 heteroatoms. The van der Waals surface area contributed by atoms with Gasteiger partial charge < -0.3 is 25.4 Å². The fourth-order valence-corrected chi connectivity index (χ4v) is 5.62. The molecule has 6 rings (SSSR count). The zero-order chi connectivity index (χ0) is 31.2. The molecule has 0 radical (unpaired) electrons. The number of piperidine rings is 1. The first-order valence-corrected chi connectivity index (χ1v) is 15.1. The summed E-state index contributed by atoms with van der Waals surface area (Å²) in [6.45, 7) is 3.64. The molecule has 1 aliphatic rings. The molecule has 3 heterocycles. The van der Waals surface area contributed by atoms with Crippen molar-refractivity contribution in [2.75, 3.05) is 17.6 Å². The summed E-state index contributed by atoms with van der Waals surface area (Å²) in [6, 6.07) is 27.3. The van der Waals surface area contributed by atoms with Gasteiger partial charge in [-0.2, -0.15) is 5.10 Å². The Morgan fingerprint density at radius 3 is 2.33 bits per heavy atom. The highest BCUT2D eigenvalue weighted by Gasteiger charge is 2.34. The molecule has 0 aliphatic carbocycles. The lowest BCUT2D eigenvalue weighted by atomic mass is 9.89. The fourth-order valence-electron chi connectivity index (χ4n) is 5.62. The summed E-state index contributed by atoms with van der Waals surface area (Å²) in [5.74, 6) is -0.0777. The van der Waals surface area contributed by atoms with Gasteiger partial charge in [0.25, 0.3) is 0 Å². The van der Waals surface area contributed by atoms with Crippen LogP contribution in [0.1, 0.15) is 42.5 Å². The van der Waals surface area contributed by atoms with Crippen LogP contribution in [0.15, 0.2) is 97.3 Å². The number of carbonyl (C=O) groups is 2. The summed E-state index contributed by atoms with van der Waals surface area (Å²) >= 11 is 0. The first-order chi connectivity index (χ1) is 21.9. The van der Waals surface area contributed by atoms with Gasteiger partial charge in [-0.25, -0.2) is 9.67 Å². The Balaban J connectivity index is 1.13. The Morgan fingerprint density at radius 1 is 0.933 bits per heavy atom. The average Bonchev–Trinajstić information content (AvgIpc) is 3.51. The first-order valence-electron chi connectivity index (χ1n) is 15.1. The Kier molecular flexibility index (Phi) is 9.02. The number of ether oxygens (including phenoxy) is 2. The number of nitrogens with zero attached hydrogens (tertiary/aromatic N) is 4. The molecule has 1 aliphatic heterocycles. The molecule has 3 N–H and O–H groups in total. The molecule has 0 spiro atoms. The van der Waals surface area contributed by atoms with Crippen LogP contribution in [0, 0.1) is 5.92 Å². The molecule has 3 aromatic carbocycles. The van der Waals surface area contributed by atoms with Gasteiger partial charge in [-0.1, -0.05) is 79.7 Å². The summed E-state index contributed by atoms with van der Waals surface area (Å²) in [5.41, 5.74) is 9.94. The van der Waals surface area contributed by atoms with E-state index in [1.54, 1.807) is 15.8 Å². The maximum Gasteiger partial charge on any atom is 0.314 e. The number of likely N-dealkylation sites (tertiary alicyclic amines) is 1. The zero-order valence-corrected chi connectivity index (χ0v) is 25.1. The number of hydrogen-bond acceptors (Lipinski definition) is 7. The number of carbonyl (C=O) groups excluding carboxylic acids is 2. The summed E-state index contributed by atoms with van der Waals surface area (Å²) in [5, 5.41) is 7.87. The first kappa shape index (κ1) is 29.8. The number of pyridine rings is 1. The van der Waals surface area contributed by atoms with E-state index in [1.807, 2.05) is 84.9 Å². The van der Waals surface area contributed by atoms with Crippen molar-refractivity contribution in [3.8, 4) is 5.75 Å². The number of nitrogens with two attached hydrogens (primary N) is 1. The van der Waals surface area contributed by atoms with E-state index < -0.39 is 11.8 Å². The van der Waals surface area contributed by atoms with E-state index in [2.05, 4.69) is 22.3 Å². The quantitative estimate of drug-likeness (QED) is 0.207. The number of amides is 2. The maximum atomic E-state index is 13.6. The summed E-state index contributed by atoms with van der Waals surface area (Å²) in [7, 11) is 0. The SMILES string of the molecule is CC1CCC(c2ccc(OCc3ccccc3)cc2)N(C(=O)C(=O)Nc2cnc(N)c3cn(COCc4ccccc4)nc23)C1. The predicted molar refractivity (Wildman–Crippen MR) is 172 cm³/mol. The molecule has 45 heavy (non-hydrogen) atoms. The molecule has 5 aromatic rings. The topological polar surface area (TPSA) is 125 Å². The van der Waals surface area contributed by atoms with Gasteiger partial charge in [-0.05, 0) is 47.6 Å². The number of anilines is 2. The third kappa shape index (κ3) is 7.13. The zero-order valence-electron chi connectivity index (χ0n) is 25.1. The second-order valence-electron chi connectivity index (χ2n) is 11.4. The van der Waals surface area contributed by atoms with Gasteiger partial charge >= 0.3 is 11.8 Å². The standard InChI is InChI=1S/C35H36N6O4/c1-24-12-17-31(27-13-15-28(16-14-27)45-22-26-10-6-3-7-11-26)41(19-24)35(43)34(42)38-30-18-37-33(36)29-20-40(39-32(29)30)23-44-21-25-8-4-2-5-9-25/h2-11,13-16,18,20,24,31H,12,17,19,21-23H2,1H3,(H2,36,37)(H,38,42). The Morgan fingerprint density at radius 2 is 1.62 bits per heavy atom. The van der Waals surface area contributed by atoms with E-state index >= 15 is 0 Å². The van der Waals surface area contributed by atoms with Crippen LogP contribution in [0.4, 0.5) is 11.5 Å². The number of nitrogens with one attached hydrogen (secondary N) is 1. The van der Waals surface area contributed by atoms with E-state index in [0.717, 1.165) is 35.3 Å². The van der Waals surface area contributed by atoms with Gasteiger partial charge in [0.1, 0.15) is 30.4 Å². The van der Waals surface area contributed by atoms with Gasteiger partial charge in [-0.15, -0.1) is 0 Å². The van der Waals surface area contributed by atoms with Gasteiger partial charge in [0.05, 0.1) is 29.9 Å². The number of benzene rings is 3. The second kappa shape index (κ2) is 13.6. The summed E-state index contributed by atoms with van der Waals surface area (Å²) < 4.78 is 13.3. The molecule has 2 unspecified atom stereocenters. The highest BCUT2D eigenvalue weighted by molar-refractivity contribution is 6.40. The molecule has 0 saturated carbocycles. The van der Waals surface area contributed by atoms with E-state index in [9.17, 15) is 9.59 Å². The minimum Gasteiger partial charge on any atom is -0.489 e. The molecule has 2 amide bonds. The molecule has 2 atom stereocenters. The third-order valence-corrected chi connectivity index (χ3v) is 7.99. The van der Waals surface area contributed by atoms with Crippen molar-refractivity contribution < 1.29 is 19.1 Å². The van der Waals surface area contributed by atoms with Crippen molar-refractivity contribution in [1.82, 2.24) is 19.7 Å². The lowest BCUT2D eigenvalue weighted by Crippen LogP contribution is -2.46. The van der Waals surface area contributed by atoms with Gasteiger partial charge in [0.15, 0.2) is 0 Å². The molecule has 1 fully saturated rings. The molecule has 230 valence electrons. The number of aromatic nitrogens is 3. The number of rotatable bonds is 9. The van der Waals surface area contributed by atoms with E-state index in [-0.39, 0.29) is 24.5 Å². The molecule has 1 saturated heterocycles. The van der Waals surface area contributed by atoms with Gasteiger partial charge in [0, 0.05) is 12.7 Å². The summed E-state index contributed by atoms with van der Waals surface area (Å²) in [6.07, 6.45) is 4.85. The normalized spacial score (nSPS) is 16.4. The largest absolute Gasteiger partial charge is 0.489 e. The van der Waals surface area contributed by atoms with Crippen molar-refractivity contribution in [1.29, 1.82) is 0 Å². The maximum absolute atomic E-state index is 13.6. The van der Waals surface area contributed by atoms with E-state index in [4.69, 9.17) is 15.2 Å². The molecule has 2 aromatic heterocycles. The van der Waals surface area contributed by atoms with Crippen LogP contribution in [0.2, 0.25) is 0 Å². The fraction of sp³-hybridized carbons (Fsp3) is 0.257. The van der Waals surface area contributed by atoms with Crippen molar-refractivity contribution >= 4 is 34.2 Å². The smallest absolute Gasteiger partial charge is 0.314 e. The van der Waals surface area contributed by atoms with Crippen molar-refractivity contribution in [2.24, 2.45) is 5.92 Å². The van der Waals surface area contributed by atoms with Gasteiger partial charge in [0.2, 0.25) is 0 Å². The van der Waals surface area contributed by atoms with Crippen LogP contribution in [0.25, 0.3) is 10.9 Å². The number of hydrogen-bond donors (Lipinski definition) is 2. The minimum absolute atomic E-state index is 0.179. The molecule has 0 bridgehead atoms. The minimum atomic E-state index is -0.750. The van der Waals surface area contributed by atoms with Crippen LogP contribution in [-0.4, -0.2) is 38.0 Å². The molecular weight excluding hydrogens is 568 g/mol. The Labute approximate surface area is 261 Å². The number of nitrogen functional groups attached to an aromatic ring is 1. The predicted octanol–water partition coefficient (Wildman–Crippen LogP) is 5.71. The molecular formula is C35H36N6O4. The second-order valence-corrected chi connectivity index (χ2v) is 11.4. The van der Waals surface area contributed by atoms with E-state index in [0.29, 0.717) is 36.3 Å². The summed E-state index contributed by atoms with van der Waals surface area (Å²) in [4.78, 5) is 32.9. The monoisotopic (exact) mass is 604 g/mol. The number of fused-ring (bicyclic) bond motifs is 1. The molecule has 10 nitrogen and oxygen atoms in total. The Hall–Kier alpha value is -5.22. The third-order valence-electron chi connectivity index (χ3n) is 7.99. The van der Waals surface area contributed by atoms with E-state index in [1.165, 1.54) is 6.20 Å². The highest BCUT2D eigenvalue weighted by atomic mass is 16.5. The van der Waals surface area contributed by atoms with Gasteiger partial charge in [-0.3, -0.25) is 9.59 Å². The van der Waals surface area contributed by atoms with Crippen molar-refractivity contribution in [3.63, 3.8) is 0 Å². The highest BCUT2D eigenvalue weighted by Crippen LogP contribution is 2.34. The van der Waals surface area contributed by atoms with Crippen LogP contribution in [0.3, 0.4) is 0 Å². The van der Waals surface area contributed by atoms with Crippen LogP contribution < -0.4 is 15.8 Å². The van der Waals surface area contributed by atoms with Crippen molar-refractivity contribution in [3.05, 3.63) is 114 Å². The Bertz CT molecular complexity index is 1760. The average molecular weight is 605 g/mol. The van der Waals surface area contributed by atoms with Crippen LogP contribution in [-0.2, 0) is 34.3 Å². The lowest BCUT2D eigenvalue weighted by molar-refractivity contribution is -0.146. The van der Waals surface area contributed by atoms with Crippen molar-refractivity contribution in [2.45, 2.75) is 45.8 Å². The van der Waals surface area contributed by atoms with Crippen LogP contribution in [0.5, 0.6) is 5.75 Å². The lowest BCUT2D eigenvalue weighted by Gasteiger charge is -2.38. The van der Waals surface area contributed by atoms with Crippen LogP contribution >= 0.6 is 0 Å².